The van der Waals surface area contributed by atoms with Gasteiger partial charge in [0, 0.05) is 25.2 Å². The van der Waals surface area contributed by atoms with Crippen LogP contribution in [0.5, 0.6) is 0 Å². The maximum Gasteiger partial charge on any atom is 0.270 e. The third-order valence-corrected chi connectivity index (χ3v) is 3.25. The number of carbonyl (C=O) groups is 1. The largest absolute Gasteiger partial charge is 0.388 e. The summed E-state index contributed by atoms with van der Waals surface area (Å²) in [6.07, 6.45) is -1.97. The molecule has 1 aliphatic heterocycles. The third kappa shape index (κ3) is 2.67. The average Bonchev–Trinajstić information content (AvgIpc) is 2.68. The second-order valence-electron chi connectivity index (χ2n) is 4.27. The Morgan fingerprint density at radius 3 is 2.42 bits per heavy atom. The molecule has 0 aliphatic carbocycles. The number of β-amino-alcohol motifs (C(OH)–C–C–N with tert-alkyl or cyclic N) is 2. The van der Waals surface area contributed by atoms with Gasteiger partial charge in [0.1, 0.15) is 0 Å². The first-order valence-corrected chi connectivity index (χ1v) is 5.87. The monoisotopic (exact) mass is 286 g/mol. The zero-order chi connectivity index (χ0) is 14.2. The van der Waals surface area contributed by atoms with E-state index in [1.54, 1.807) is 0 Å². The van der Waals surface area contributed by atoms with Gasteiger partial charge in [0.25, 0.3) is 11.6 Å². The zero-order valence-corrected chi connectivity index (χ0v) is 10.4. The van der Waals surface area contributed by atoms with E-state index in [0.717, 1.165) is 6.07 Å². The molecule has 8 heteroatoms. The number of benzene rings is 1. The quantitative estimate of drug-likeness (QED) is 0.606. The van der Waals surface area contributed by atoms with E-state index in [-0.39, 0.29) is 29.4 Å². The number of nitro groups is 1. The lowest BCUT2D eigenvalue weighted by molar-refractivity contribution is -0.384. The maximum absolute atomic E-state index is 12.1. The van der Waals surface area contributed by atoms with Gasteiger partial charge in [-0.15, -0.1) is 0 Å². The summed E-state index contributed by atoms with van der Waals surface area (Å²) in [5.74, 6) is -0.476. The molecule has 0 spiro atoms. The van der Waals surface area contributed by atoms with Gasteiger partial charge in [0.15, 0.2) is 0 Å². The summed E-state index contributed by atoms with van der Waals surface area (Å²) in [6.45, 7) is 0.0145. The minimum Gasteiger partial charge on any atom is -0.388 e. The number of halogens is 1. The first-order chi connectivity index (χ1) is 8.90. The Balaban J connectivity index is 2.23. The number of nitro benzene ring substituents is 1. The fourth-order valence-electron chi connectivity index (χ4n) is 1.90. The number of non-ortho nitro benzene ring substituents is 1. The molecule has 2 rings (SSSR count). The highest BCUT2D eigenvalue weighted by atomic mass is 35.5. The molecule has 2 atom stereocenters. The van der Waals surface area contributed by atoms with Gasteiger partial charge in [-0.25, -0.2) is 0 Å². The Kier molecular flexibility index (Phi) is 3.70. The highest BCUT2D eigenvalue weighted by Gasteiger charge is 2.33. The summed E-state index contributed by atoms with van der Waals surface area (Å²) >= 11 is 5.84. The second-order valence-corrected chi connectivity index (χ2v) is 4.67. The molecule has 102 valence electrons. The van der Waals surface area contributed by atoms with Crippen LogP contribution in [0.2, 0.25) is 5.02 Å². The van der Waals surface area contributed by atoms with E-state index in [0.29, 0.717) is 0 Å². The molecule has 1 aromatic carbocycles. The lowest BCUT2D eigenvalue weighted by Crippen LogP contribution is -2.30. The Morgan fingerprint density at radius 2 is 1.95 bits per heavy atom. The van der Waals surface area contributed by atoms with Crippen LogP contribution in [-0.4, -0.2) is 51.2 Å². The summed E-state index contributed by atoms with van der Waals surface area (Å²) in [5, 5.41) is 29.3. The van der Waals surface area contributed by atoms with Crippen molar-refractivity contribution in [3.05, 3.63) is 38.9 Å². The molecule has 0 bridgehead atoms. The van der Waals surface area contributed by atoms with E-state index in [1.165, 1.54) is 17.0 Å². The summed E-state index contributed by atoms with van der Waals surface area (Å²) in [6, 6.07) is 3.54. The van der Waals surface area contributed by atoms with Crippen LogP contribution >= 0.6 is 11.6 Å². The van der Waals surface area contributed by atoms with E-state index < -0.39 is 23.0 Å². The van der Waals surface area contributed by atoms with Gasteiger partial charge in [0.05, 0.1) is 27.7 Å². The van der Waals surface area contributed by atoms with E-state index >= 15 is 0 Å². The number of hydrogen-bond acceptors (Lipinski definition) is 5. The van der Waals surface area contributed by atoms with E-state index in [4.69, 9.17) is 11.6 Å². The van der Waals surface area contributed by atoms with Gasteiger partial charge in [-0.3, -0.25) is 14.9 Å². The summed E-state index contributed by atoms with van der Waals surface area (Å²) in [4.78, 5) is 23.3. The fraction of sp³-hybridized carbons (Fsp3) is 0.364. The van der Waals surface area contributed by atoms with Crippen LogP contribution in [-0.2, 0) is 0 Å². The van der Waals surface area contributed by atoms with Crippen LogP contribution in [0.25, 0.3) is 0 Å². The van der Waals surface area contributed by atoms with Crippen LogP contribution in [0.4, 0.5) is 5.69 Å². The molecule has 1 heterocycles. The lowest BCUT2D eigenvalue weighted by Gasteiger charge is -2.15. The summed E-state index contributed by atoms with van der Waals surface area (Å²) in [7, 11) is 0. The molecular weight excluding hydrogens is 276 g/mol. The summed E-state index contributed by atoms with van der Waals surface area (Å²) in [5.41, 5.74) is -0.100. The molecule has 1 fully saturated rings. The Morgan fingerprint density at radius 1 is 1.37 bits per heavy atom. The Bertz CT molecular complexity index is 526. The van der Waals surface area contributed by atoms with Crippen LogP contribution in [0.1, 0.15) is 10.4 Å². The molecule has 1 saturated heterocycles. The predicted octanol–water partition coefficient (Wildman–Crippen LogP) is 0.426. The number of aliphatic hydroxyl groups is 2. The molecule has 7 nitrogen and oxygen atoms in total. The predicted molar refractivity (Wildman–Crippen MR) is 66.0 cm³/mol. The summed E-state index contributed by atoms with van der Waals surface area (Å²) < 4.78 is 0. The molecular formula is C11H11ClN2O5. The zero-order valence-electron chi connectivity index (χ0n) is 9.69. The van der Waals surface area contributed by atoms with Crippen LogP contribution in [0, 0.1) is 10.1 Å². The van der Waals surface area contributed by atoms with Crippen molar-refractivity contribution in [1.29, 1.82) is 0 Å². The van der Waals surface area contributed by atoms with Crippen LogP contribution in [0.3, 0.4) is 0 Å². The van der Waals surface area contributed by atoms with Crippen molar-refractivity contribution in [2.75, 3.05) is 13.1 Å². The van der Waals surface area contributed by atoms with Crippen molar-refractivity contribution in [3.63, 3.8) is 0 Å². The minimum absolute atomic E-state index is 0.00726. The molecule has 0 radical (unpaired) electrons. The fourth-order valence-corrected chi connectivity index (χ4v) is 2.15. The Labute approximate surface area is 113 Å². The van der Waals surface area contributed by atoms with Gasteiger partial charge < -0.3 is 15.1 Å². The van der Waals surface area contributed by atoms with Gasteiger partial charge in [0.2, 0.25) is 0 Å². The maximum atomic E-state index is 12.1. The SMILES string of the molecule is O=C(c1ccc([N+](=O)[O-])cc1Cl)N1CC(O)C(O)C1. The van der Waals surface area contributed by atoms with Crippen molar-refractivity contribution in [3.8, 4) is 0 Å². The van der Waals surface area contributed by atoms with Crippen molar-refractivity contribution >= 4 is 23.2 Å². The van der Waals surface area contributed by atoms with Crippen molar-refractivity contribution in [2.45, 2.75) is 12.2 Å². The number of likely N-dealkylation sites (tertiary alicyclic amines) is 1. The van der Waals surface area contributed by atoms with E-state index in [2.05, 4.69) is 0 Å². The molecule has 1 amide bonds. The number of carbonyl (C=O) groups excluding carboxylic acids is 1. The topological polar surface area (TPSA) is 104 Å². The number of nitrogens with zero attached hydrogens (tertiary/aromatic N) is 2. The third-order valence-electron chi connectivity index (χ3n) is 2.94. The number of aliphatic hydroxyl groups excluding tert-OH is 2. The standard InChI is InChI=1S/C11H11ClN2O5/c12-8-3-6(14(18)19)1-2-7(8)11(17)13-4-9(15)10(16)5-13/h1-3,9-10,15-16H,4-5H2. The first kappa shape index (κ1) is 13.7. The molecule has 2 N–H and O–H groups in total. The van der Waals surface area contributed by atoms with Gasteiger partial charge in [-0.1, -0.05) is 11.6 Å². The van der Waals surface area contributed by atoms with Crippen molar-refractivity contribution < 1.29 is 19.9 Å². The lowest BCUT2D eigenvalue weighted by atomic mass is 10.2. The minimum atomic E-state index is -0.985. The van der Waals surface area contributed by atoms with E-state index in [1.807, 2.05) is 0 Å². The number of amides is 1. The number of rotatable bonds is 2. The number of hydrogen-bond donors (Lipinski definition) is 2. The molecule has 1 aromatic rings. The van der Waals surface area contributed by atoms with Crippen molar-refractivity contribution in [2.24, 2.45) is 0 Å². The second kappa shape index (κ2) is 5.12. The Hall–Kier alpha value is -1.70. The van der Waals surface area contributed by atoms with E-state index in [9.17, 15) is 25.1 Å². The van der Waals surface area contributed by atoms with Gasteiger partial charge in [-0.2, -0.15) is 0 Å². The van der Waals surface area contributed by atoms with Crippen molar-refractivity contribution in [1.82, 2.24) is 4.90 Å². The molecule has 1 aliphatic rings. The normalized spacial score (nSPS) is 22.6. The van der Waals surface area contributed by atoms with Gasteiger partial charge >= 0.3 is 0 Å². The van der Waals surface area contributed by atoms with Crippen LogP contribution < -0.4 is 0 Å². The van der Waals surface area contributed by atoms with Crippen LogP contribution in [0.15, 0.2) is 18.2 Å². The molecule has 0 saturated carbocycles. The average molecular weight is 287 g/mol. The molecule has 19 heavy (non-hydrogen) atoms. The molecule has 2 unspecified atom stereocenters. The highest BCUT2D eigenvalue weighted by molar-refractivity contribution is 6.34. The molecule has 0 aromatic heterocycles. The highest BCUT2D eigenvalue weighted by Crippen LogP contribution is 2.25. The van der Waals surface area contributed by atoms with Gasteiger partial charge in [-0.05, 0) is 6.07 Å². The first-order valence-electron chi connectivity index (χ1n) is 5.49. The smallest absolute Gasteiger partial charge is 0.270 e.